The van der Waals surface area contributed by atoms with Gasteiger partial charge in [-0.05, 0) is 59.6 Å². The second-order valence-corrected chi connectivity index (χ2v) is 11.7. The summed E-state index contributed by atoms with van der Waals surface area (Å²) in [6.07, 6.45) is -0.531. The highest BCUT2D eigenvalue weighted by molar-refractivity contribution is 6.35. The van der Waals surface area contributed by atoms with Gasteiger partial charge >= 0.3 is 0 Å². The van der Waals surface area contributed by atoms with Gasteiger partial charge in [0, 0.05) is 69.4 Å². The van der Waals surface area contributed by atoms with Gasteiger partial charge in [-0.1, -0.05) is 58.6 Å². The van der Waals surface area contributed by atoms with E-state index in [1.54, 1.807) is 92.0 Å². The van der Waals surface area contributed by atoms with Crippen LogP contribution in [0.3, 0.4) is 0 Å². The van der Waals surface area contributed by atoms with Crippen LogP contribution in [0.15, 0.2) is 95.0 Å². The number of nitrogens with zero attached hydrogens (tertiary/aromatic N) is 4. The van der Waals surface area contributed by atoms with Crippen LogP contribution in [0.5, 0.6) is 17.2 Å². The van der Waals surface area contributed by atoms with Crippen LogP contribution in [0, 0.1) is 0 Å². The summed E-state index contributed by atoms with van der Waals surface area (Å²) in [6, 6.07) is 24.3. The summed E-state index contributed by atoms with van der Waals surface area (Å²) in [7, 11) is 3.10. The quantitative estimate of drug-likeness (QED) is 0.0605. The zero-order valence-electron chi connectivity index (χ0n) is 26.2. The zero-order chi connectivity index (χ0) is 34.1. The van der Waals surface area contributed by atoms with Crippen molar-refractivity contribution in [2.24, 2.45) is 10.1 Å². The van der Waals surface area contributed by atoms with E-state index in [1.165, 1.54) is 7.11 Å². The van der Waals surface area contributed by atoms with Gasteiger partial charge in [0.05, 0.1) is 20.8 Å². The summed E-state index contributed by atoms with van der Waals surface area (Å²) >= 11 is 13.0. The van der Waals surface area contributed by atoms with Gasteiger partial charge in [-0.15, -0.1) is 0 Å². The van der Waals surface area contributed by atoms with Crippen molar-refractivity contribution in [3.05, 3.63) is 128 Å². The fraction of sp³-hybridized carbons (Fsp3) is 0.257. The minimum absolute atomic E-state index is 0.0107. The number of benzene rings is 4. The van der Waals surface area contributed by atoms with Crippen LogP contribution in [0.2, 0.25) is 10.0 Å². The lowest BCUT2D eigenvalue weighted by molar-refractivity contribution is -0.129. The molecule has 11 nitrogen and oxygen atoms in total. The third kappa shape index (κ3) is 7.61. The van der Waals surface area contributed by atoms with Gasteiger partial charge in [-0.3, -0.25) is 4.79 Å². The van der Waals surface area contributed by atoms with Crippen molar-refractivity contribution in [3.8, 4) is 17.2 Å². The fourth-order valence-corrected chi connectivity index (χ4v) is 5.90. The molecule has 0 fully saturated rings. The molecule has 0 aromatic heterocycles. The number of carbonyl (C=O) groups excluding carboxylic acids is 1. The summed E-state index contributed by atoms with van der Waals surface area (Å²) < 4.78 is 23.1. The van der Waals surface area contributed by atoms with Gasteiger partial charge in [0.2, 0.25) is 5.90 Å². The number of ether oxygens (including phenoxy) is 4. The Bertz CT molecular complexity index is 1850. The Labute approximate surface area is 287 Å². The SMILES string of the molecule is COc1ccc(CNC(=O)[C@]2(Cc3ccccc3N=[N+]=[N-])N=C(c3ccc(OCCCO)cc3)O[C@@H]2c2ccc(Cl)cc2Cl)c(OC)c1. The molecule has 0 aliphatic carbocycles. The number of halogens is 2. The van der Waals surface area contributed by atoms with Crippen molar-refractivity contribution in [3.63, 3.8) is 0 Å². The summed E-state index contributed by atoms with van der Waals surface area (Å²) in [4.78, 5) is 22.7. The van der Waals surface area contributed by atoms with Gasteiger partial charge in [-0.2, -0.15) is 0 Å². The van der Waals surface area contributed by atoms with E-state index < -0.39 is 17.6 Å². The zero-order valence-corrected chi connectivity index (χ0v) is 27.7. The number of carbonyl (C=O) groups is 1. The smallest absolute Gasteiger partial charge is 0.252 e. The Morgan fingerprint density at radius 2 is 1.79 bits per heavy atom. The molecule has 0 saturated carbocycles. The molecule has 1 heterocycles. The highest BCUT2D eigenvalue weighted by Gasteiger charge is 2.54. The molecule has 0 bridgehead atoms. The molecule has 1 aliphatic heterocycles. The molecule has 0 radical (unpaired) electrons. The fourth-order valence-electron chi connectivity index (χ4n) is 5.40. The number of rotatable bonds is 14. The number of hydrogen-bond donors (Lipinski definition) is 2. The van der Waals surface area contributed by atoms with Crippen LogP contribution in [0.4, 0.5) is 5.69 Å². The minimum atomic E-state index is -1.64. The third-order valence-corrected chi connectivity index (χ3v) is 8.37. The van der Waals surface area contributed by atoms with Crippen LogP contribution in [0.1, 0.15) is 34.8 Å². The number of methoxy groups -OCH3 is 2. The van der Waals surface area contributed by atoms with Crippen molar-refractivity contribution in [1.29, 1.82) is 0 Å². The molecule has 2 N–H and O–H groups in total. The molecule has 0 spiro atoms. The predicted octanol–water partition coefficient (Wildman–Crippen LogP) is 7.53. The monoisotopic (exact) mass is 689 g/mol. The summed E-state index contributed by atoms with van der Waals surface area (Å²) in [5, 5.41) is 16.7. The van der Waals surface area contributed by atoms with Crippen LogP contribution in [-0.4, -0.2) is 49.9 Å². The average Bonchev–Trinajstić information content (AvgIpc) is 3.48. The van der Waals surface area contributed by atoms with E-state index >= 15 is 0 Å². The Hall–Kier alpha value is -4.93. The Balaban J connectivity index is 1.62. The molecular weight excluding hydrogens is 657 g/mol. The van der Waals surface area contributed by atoms with Crippen molar-refractivity contribution in [2.75, 3.05) is 27.4 Å². The summed E-state index contributed by atoms with van der Waals surface area (Å²) in [6.45, 7) is 0.477. The van der Waals surface area contributed by atoms with E-state index in [9.17, 15) is 10.3 Å². The van der Waals surface area contributed by atoms with Crippen LogP contribution in [-0.2, 0) is 22.5 Å². The number of amides is 1. The molecule has 4 aromatic carbocycles. The van der Waals surface area contributed by atoms with Gasteiger partial charge < -0.3 is 29.4 Å². The molecule has 248 valence electrons. The van der Waals surface area contributed by atoms with Gasteiger partial charge in [0.25, 0.3) is 5.91 Å². The largest absolute Gasteiger partial charge is 0.497 e. The standard InChI is InChI=1S/C35H33Cl2N5O6/c1-45-27-14-10-24(31(19-27)46-2)21-39-34(44)35(20-23-6-3-4-7-30(23)41-42-38)32(28-15-11-25(36)18-29(28)37)48-33(40-35)22-8-12-26(13-9-22)47-17-5-16-43/h3-4,6-15,18-19,32,43H,5,16-17,20-21H2,1-2H3,(H,39,44)/t32-,35-/m1/s1. The molecule has 13 heteroatoms. The van der Waals surface area contributed by atoms with Crippen LogP contribution < -0.4 is 19.5 Å². The maximum absolute atomic E-state index is 14.7. The number of aliphatic imine (C=N–C) groups is 1. The topological polar surface area (TPSA) is 147 Å². The summed E-state index contributed by atoms with van der Waals surface area (Å²) in [5.41, 5.74) is 10.4. The molecule has 2 atom stereocenters. The molecule has 1 amide bonds. The maximum atomic E-state index is 14.7. The van der Waals surface area contributed by atoms with E-state index in [1.807, 2.05) is 0 Å². The third-order valence-electron chi connectivity index (χ3n) is 7.81. The van der Waals surface area contributed by atoms with Gasteiger partial charge in [-0.25, -0.2) is 4.99 Å². The van der Waals surface area contributed by atoms with Crippen molar-refractivity contribution in [2.45, 2.75) is 31.0 Å². The Morgan fingerprint density at radius 1 is 1.02 bits per heavy atom. The number of nitrogens with one attached hydrogen (secondary N) is 1. The van der Waals surface area contributed by atoms with E-state index in [2.05, 4.69) is 15.3 Å². The Morgan fingerprint density at radius 3 is 2.50 bits per heavy atom. The first-order chi connectivity index (χ1) is 23.3. The highest BCUT2D eigenvalue weighted by Crippen LogP contribution is 2.46. The van der Waals surface area contributed by atoms with Crippen molar-refractivity contribution >= 4 is 40.7 Å². The van der Waals surface area contributed by atoms with Gasteiger partial charge in [0.1, 0.15) is 17.2 Å². The van der Waals surface area contributed by atoms with E-state index in [-0.39, 0.29) is 30.5 Å². The summed E-state index contributed by atoms with van der Waals surface area (Å²) in [5.74, 6) is 1.47. The lowest BCUT2D eigenvalue weighted by Gasteiger charge is -2.31. The lowest BCUT2D eigenvalue weighted by atomic mass is 9.81. The minimum Gasteiger partial charge on any atom is -0.497 e. The van der Waals surface area contributed by atoms with Crippen LogP contribution in [0.25, 0.3) is 10.4 Å². The predicted molar refractivity (Wildman–Crippen MR) is 184 cm³/mol. The number of aliphatic hydroxyl groups excluding tert-OH is 1. The Kier molecular flexibility index (Phi) is 11.3. The maximum Gasteiger partial charge on any atom is 0.252 e. The molecule has 0 unspecified atom stereocenters. The molecule has 0 saturated heterocycles. The van der Waals surface area contributed by atoms with Crippen molar-refractivity contribution < 1.29 is 28.8 Å². The first kappa shape index (κ1) is 34.4. The van der Waals surface area contributed by atoms with Crippen LogP contribution >= 0.6 is 23.2 Å². The second-order valence-electron chi connectivity index (χ2n) is 10.8. The normalized spacial score (nSPS) is 16.7. The molecular formula is C35H33Cl2N5O6. The first-order valence-corrected chi connectivity index (χ1v) is 15.7. The lowest BCUT2D eigenvalue weighted by Crippen LogP contribution is -2.49. The molecule has 48 heavy (non-hydrogen) atoms. The number of aliphatic hydroxyl groups is 1. The van der Waals surface area contributed by atoms with Gasteiger partial charge in [0.15, 0.2) is 11.6 Å². The molecule has 4 aromatic rings. The number of hydrogen-bond acceptors (Lipinski definition) is 8. The van der Waals surface area contributed by atoms with E-state index in [0.29, 0.717) is 63.2 Å². The second kappa shape index (κ2) is 15.8. The molecule has 1 aliphatic rings. The van der Waals surface area contributed by atoms with Crippen molar-refractivity contribution in [1.82, 2.24) is 5.32 Å². The molecule has 5 rings (SSSR count). The average molecular weight is 691 g/mol. The van der Waals surface area contributed by atoms with E-state index in [4.69, 9.17) is 52.2 Å². The highest BCUT2D eigenvalue weighted by atomic mass is 35.5. The van der Waals surface area contributed by atoms with E-state index in [0.717, 1.165) is 0 Å². The number of azide groups is 1. The first-order valence-electron chi connectivity index (χ1n) is 15.0.